The van der Waals surface area contributed by atoms with Crippen LogP contribution < -0.4 is 0 Å². The molecule has 4 heteroatoms. The Morgan fingerprint density at radius 1 is 1.45 bits per heavy atom. The molecule has 2 rings (SSSR count). The Balaban J connectivity index is 1.65. The second-order valence-corrected chi connectivity index (χ2v) is 6.87. The Morgan fingerprint density at radius 2 is 2.15 bits per heavy atom. The molecule has 2 fully saturated rings. The Labute approximate surface area is 121 Å². The molecule has 2 aliphatic rings. The van der Waals surface area contributed by atoms with Crippen LogP contribution in [0.25, 0.3) is 0 Å². The van der Waals surface area contributed by atoms with Gasteiger partial charge in [-0.05, 0) is 38.0 Å². The second kappa shape index (κ2) is 6.04. The van der Waals surface area contributed by atoms with Crippen LogP contribution in [0, 0.1) is 17.3 Å². The van der Waals surface area contributed by atoms with Gasteiger partial charge in [0.25, 0.3) is 0 Å². The van der Waals surface area contributed by atoms with Crippen molar-refractivity contribution in [3.05, 3.63) is 12.3 Å². The zero-order chi connectivity index (χ0) is 14.9. The van der Waals surface area contributed by atoms with Gasteiger partial charge in [0.15, 0.2) is 6.29 Å². The molecule has 1 heterocycles. The topological polar surface area (TPSA) is 58.9 Å². The van der Waals surface area contributed by atoms with Gasteiger partial charge in [0.2, 0.25) is 0 Å². The number of ether oxygens (including phenoxy) is 2. The molecule has 0 aromatic carbocycles. The van der Waals surface area contributed by atoms with Gasteiger partial charge in [-0.15, -0.1) is 0 Å². The summed E-state index contributed by atoms with van der Waals surface area (Å²) >= 11 is 0. The smallest absolute Gasteiger partial charge is 0.160 e. The van der Waals surface area contributed by atoms with E-state index in [1.54, 1.807) is 0 Å². The molecule has 1 saturated heterocycles. The molecule has 116 valence electrons. The number of aliphatic hydroxyl groups is 2. The average Bonchev–Trinajstić information content (AvgIpc) is 3.04. The van der Waals surface area contributed by atoms with Crippen molar-refractivity contribution in [2.45, 2.75) is 65.0 Å². The molecule has 1 saturated carbocycles. The van der Waals surface area contributed by atoms with Gasteiger partial charge in [-0.1, -0.05) is 20.4 Å². The van der Waals surface area contributed by atoms with Crippen LogP contribution in [0.4, 0.5) is 0 Å². The number of aliphatic hydroxyl groups excluding tert-OH is 2. The Hall–Kier alpha value is -0.580. The van der Waals surface area contributed by atoms with Crippen molar-refractivity contribution in [3.63, 3.8) is 0 Å². The van der Waals surface area contributed by atoms with Crippen LogP contribution in [0.5, 0.6) is 0 Å². The van der Waals surface area contributed by atoms with Gasteiger partial charge in [-0.2, -0.15) is 0 Å². The maximum absolute atomic E-state index is 9.72. The van der Waals surface area contributed by atoms with E-state index in [0.29, 0.717) is 12.4 Å². The van der Waals surface area contributed by atoms with E-state index >= 15 is 0 Å². The summed E-state index contributed by atoms with van der Waals surface area (Å²) in [5.74, 6) is 0.811. The summed E-state index contributed by atoms with van der Waals surface area (Å²) in [6.45, 7) is 10.4. The van der Waals surface area contributed by atoms with Crippen LogP contribution in [-0.4, -0.2) is 35.3 Å². The molecule has 0 spiro atoms. The lowest BCUT2D eigenvalue weighted by molar-refractivity contribution is -0.241. The zero-order valence-electron chi connectivity index (χ0n) is 12.8. The summed E-state index contributed by atoms with van der Waals surface area (Å²) in [4.78, 5) is 0. The van der Waals surface area contributed by atoms with Gasteiger partial charge in [-0.3, -0.25) is 0 Å². The van der Waals surface area contributed by atoms with Crippen LogP contribution in [0.15, 0.2) is 12.3 Å². The quantitative estimate of drug-likeness (QED) is 0.581. The first kappa shape index (κ1) is 15.8. The van der Waals surface area contributed by atoms with E-state index in [1.807, 2.05) is 13.8 Å². The first-order valence-electron chi connectivity index (χ1n) is 7.66. The van der Waals surface area contributed by atoms with Gasteiger partial charge in [0.05, 0.1) is 18.0 Å². The van der Waals surface area contributed by atoms with Gasteiger partial charge in [0.1, 0.15) is 0 Å². The Bertz CT molecular complexity index is 356. The molecule has 0 radical (unpaired) electrons. The van der Waals surface area contributed by atoms with Crippen molar-refractivity contribution >= 4 is 0 Å². The largest absolute Gasteiger partial charge is 0.513 e. The van der Waals surface area contributed by atoms with Crippen molar-refractivity contribution in [1.29, 1.82) is 0 Å². The normalized spacial score (nSPS) is 44.3. The van der Waals surface area contributed by atoms with Crippen molar-refractivity contribution in [2.75, 3.05) is 6.61 Å². The SMILES string of the molecule is C=C(O)[C@@H]1C[C@@]1(C)CCCO[C@@H]1O[C@@H](C)[C@H](O)C[C@H]1C. The first-order valence-corrected chi connectivity index (χ1v) is 7.66. The fraction of sp³-hybridized carbons (Fsp3) is 0.875. The van der Waals surface area contributed by atoms with Gasteiger partial charge in [-0.25, -0.2) is 0 Å². The van der Waals surface area contributed by atoms with Gasteiger partial charge in [0, 0.05) is 18.4 Å². The third-order valence-corrected chi connectivity index (χ3v) is 4.90. The molecule has 0 aromatic heterocycles. The lowest BCUT2D eigenvalue weighted by Crippen LogP contribution is -2.43. The fourth-order valence-electron chi connectivity index (χ4n) is 3.20. The number of allylic oxidation sites excluding steroid dienone is 1. The summed E-state index contributed by atoms with van der Waals surface area (Å²) in [6.07, 6.45) is 3.02. The summed E-state index contributed by atoms with van der Waals surface area (Å²) < 4.78 is 11.5. The Morgan fingerprint density at radius 3 is 2.75 bits per heavy atom. The van der Waals surface area contributed by atoms with Crippen molar-refractivity contribution in [2.24, 2.45) is 17.3 Å². The lowest BCUT2D eigenvalue weighted by atomic mass is 9.96. The van der Waals surface area contributed by atoms with E-state index in [0.717, 1.165) is 25.7 Å². The fourth-order valence-corrected chi connectivity index (χ4v) is 3.20. The molecular formula is C16H28O4. The van der Waals surface area contributed by atoms with Crippen LogP contribution in [-0.2, 0) is 9.47 Å². The highest BCUT2D eigenvalue weighted by atomic mass is 16.7. The molecule has 1 aliphatic carbocycles. The molecule has 0 aromatic rings. The molecule has 0 amide bonds. The predicted molar refractivity (Wildman–Crippen MR) is 77.3 cm³/mol. The number of hydrogen-bond acceptors (Lipinski definition) is 4. The standard InChI is InChI=1S/C16H28O4/c1-10-8-14(18)12(3)20-15(10)19-7-5-6-16(4)9-13(16)11(2)17/h10,12-15,17-18H,2,5-9H2,1,3-4H3/t10-,12+,13+,14-,15-,16-/m1/s1. The minimum Gasteiger partial charge on any atom is -0.513 e. The first-order chi connectivity index (χ1) is 9.33. The van der Waals surface area contributed by atoms with Crippen molar-refractivity contribution in [1.82, 2.24) is 0 Å². The van der Waals surface area contributed by atoms with Crippen molar-refractivity contribution < 1.29 is 19.7 Å². The maximum Gasteiger partial charge on any atom is 0.160 e. The van der Waals surface area contributed by atoms with Crippen LogP contribution in [0.3, 0.4) is 0 Å². The average molecular weight is 284 g/mol. The highest BCUT2D eigenvalue weighted by molar-refractivity contribution is 5.11. The van der Waals surface area contributed by atoms with Crippen LogP contribution in [0.2, 0.25) is 0 Å². The minimum atomic E-state index is -0.383. The molecule has 2 N–H and O–H groups in total. The minimum absolute atomic E-state index is 0.153. The number of hydrogen-bond donors (Lipinski definition) is 2. The zero-order valence-corrected chi connectivity index (χ0v) is 12.8. The molecule has 4 nitrogen and oxygen atoms in total. The van der Waals surface area contributed by atoms with E-state index in [2.05, 4.69) is 13.5 Å². The molecule has 0 unspecified atom stereocenters. The van der Waals surface area contributed by atoms with Gasteiger partial charge >= 0.3 is 0 Å². The third kappa shape index (κ3) is 3.54. The van der Waals surface area contributed by atoms with E-state index in [4.69, 9.17) is 9.47 Å². The van der Waals surface area contributed by atoms with E-state index in [9.17, 15) is 10.2 Å². The second-order valence-electron chi connectivity index (χ2n) is 6.87. The Kier molecular flexibility index (Phi) is 4.77. The van der Waals surface area contributed by atoms with E-state index < -0.39 is 0 Å². The monoisotopic (exact) mass is 284 g/mol. The summed E-state index contributed by atoms with van der Waals surface area (Å²) in [5, 5.41) is 19.1. The van der Waals surface area contributed by atoms with Crippen molar-refractivity contribution in [3.8, 4) is 0 Å². The van der Waals surface area contributed by atoms with Gasteiger partial charge < -0.3 is 19.7 Å². The highest BCUT2D eigenvalue weighted by Crippen LogP contribution is 2.58. The third-order valence-electron chi connectivity index (χ3n) is 4.90. The summed E-state index contributed by atoms with van der Waals surface area (Å²) in [5.41, 5.74) is 0.206. The van der Waals surface area contributed by atoms with E-state index in [1.165, 1.54) is 0 Å². The highest BCUT2D eigenvalue weighted by Gasteiger charge is 2.51. The molecular weight excluding hydrogens is 256 g/mol. The molecule has 1 aliphatic heterocycles. The maximum atomic E-state index is 9.72. The predicted octanol–water partition coefficient (Wildman–Crippen LogP) is 3.01. The van der Waals surface area contributed by atoms with Crippen LogP contribution >= 0.6 is 0 Å². The molecule has 6 atom stereocenters. The summed E-state index contributed by atoms with van der Waals surface area (Å²) in [6, 6.07) is 0. The summed E-state index contributed by atoms with van der Waals surface area (Å²) in [7, 11) is 0. The lowest BCUT2D eigenvalue weighted by Gasteiger charge is -2.36. The number of rotatable bonds is 6. The van der Waals surface area contributed by atoms with E-state index in [-0.39, 0.29) is 35.7 Å². The van der Waals surface area contributed by atoms with Crippen LogP contribution in [0.1, 0.15) is 46.5 Å². The molecule has 0 bridgehead atoms. The molecule has 20 heavy (non-hydrogen) atoms.